The van der Waals surface area contributed by atoms with Gasteiger partial charge in [-0.1, -0.05) is 24.3 Å². The number of rotatable bonds is 2. The van der Waals surface area contributed by atoms with Crippen molar-refractivity contribution in [2.24, 2.45) is 0 Å². The summed E-state index contributed by atoms with van der Waals surface area (Å²) in [6, 6.07) is 16.1. The normalized spacial score (nSPS) is 10.8. The summed E-state index contributed by atoms with van der Waals surface area (Å²) in [5.41, 5.74) is 10.2. The standard InChI is InChI=1S/C15H16N4/c1-18(2)13-9-5-6-10-14(13)19-12-8-4-3-7-11(12)17-15(19)16/h3-10H,1-2H3,(H2,16,17). The van der Waals surface area contributed by atoms with Crippen molar-refractivity contribution in [1.29, 1.82) is 0 Å². The molecule has 1 aromatic heterocycles. The van der Waals surface area contributed by atoms with E-state index in [1.54, 1.807) is 0 Å². The molecule has 0 radical (unpaired) electrons. The minimum atomic E-state index is 0.510. The van der Waals surface area contributed by atoms with Gasteiger partial charge in [-0.15, -0.1) is 0 Å². The summed E-state index contributed by atoms with van der Waals surface area (Å²) in [6.45, 7) is 0. The number of nitrogens with zero attached hydrogens (tertiary/aromatic N) is 3. The predicted molar refractivity (Wildman–Crippen MR) is 79.8 cm³/mol. The third kappa shape index (κ3) is 1.81. The second kappa shape index (κ2) is 4.31. The zero-order valence-electron chi connectivity index (χ0n) is 11.0. The monoisotopic (exact) mass is 252 g/mol. The average Bonchev–Trinajstić information content (AvgIpc) is 2.74. The zero-order valence-corrected chi connectivity index (χ0v) is 11.0. The van der Waals surface area contributed by atoms with Crippen molar-refractivity contribution in [2.75, 3.05) is 24.7 Å². The van der Waals surface area contributed by atoms with E-state index in [0.717, 1.165) is 22.4 Å². The van der Waals surface area contributed by atoms with E-state index < -0.39 is 0 Å². The van der Waals surface area contributed by atoms with E-state index in [9.17, 15) is 0 Å². The lowest BCUT2D eigenvalue weighted by molar-refractivity contribution is 1.06. The van der Waals surface area contributed by atoms with E-state index in [2.05, 4.69) is 22.0 Å². The molecule has 4 nitrogen and oxygen atoms in total. The number of nitrogens with two attached hydrogens (primary N) is 1. The van der Waals surface area contributed by atoms with E-state index in [1.807, 2.05) is 55.1 Å². The Balaban J connectivity index is 2.33. The van der Waals surface area contributed by atoms with Gasteiger partial charge in [0.05, 0.1) is 22.4 Å². The maximum atomic E-state index is 6.09. The SMILES string of the molecule is CN(C)c1ccccc1-n1c(N)nc2ccccc21. The van der Waals surface area contributed by atoms with Crippen molar-refractivity contribution in [2.45, 2.75) is 0 Å². The number of anilines is 2. The molecular formula is C15H16N4. The van der Waals surface area contributed by atoms with Gasteiger partial charge in [-0.05, 0) is 24.3 Å². The van der Waals surface area contributed by atoms with Crippen LogP contribution in [-0.4, -0.2) is 23.6 Å². The van der Waals surface area contributed by atoms with Crippen LogP contribution in [0.25, 0.3) is 16.7 Å². The van der Waals surface area contributed by atoms with Gasteiger partial charge in [0.25, 0.3) is 0 Å². The van der Waals surface area contributed by atoms with E-state index in [-0.39, 0.29) is 0 Å². The molecule has 4 heteroatoms. The molecule has 0 bridgehead atoms. The number of hydrogen-bond acceptors (Lipinski definition) is 3. The zero-order chi connectivity index (χ0) is 13.4. The maximum Gasteiger partial charge on any atom is 0.206 e. The highest BCUT2D eigenvalue weighted by atomic mass is 15.2. The molecule has 0 aliphatic heterocycles. The number of benzene rings is 2. The van der Waals surface area contributed by atoms with Crippen LogP contribution in [0.2, 0.25) is 0 Å². The second-order valence-corrected chi connectivity index (χ2v) is 4.68. The lowest BCUT2D eigenvalue weighted by Crippen LogP contribution is -2.13. The van der Waals surface area contributed by atoms with Crippen LogP contribution in [-0.2, 0) is 0 Å². The van der Waals surface area contributed by atoms with Gasteiger partial charge in [-0.2, -0.15) is 0 Å². The molecule has 0 aliphatic rings. The van der Waals surface area contributed by atoms with E-state index >= 15 is 0 Å². The third-order valence-corrected chi connectivity index (χ3v) is 3.19. The molecule has 2 N–H and O–H groups in total. The average molecular weight is 252 g/mol. The first-order chi connectivity index (χ1) is 9.18. The van der Waals surface area contributed by atoms with Crippen molar-refractivity contribution in [3.8, 4) is 5.69 Å². The molecule has 0 saturated heterocycles. The molecule has 0 atom stereocenters. The molecule has 3 aromatic rings. The molecule has 0 spiro atoms. The molecule has 0 amide bonds. The lowest BCUT2D eigenvalue weighted by Gasteiger charge is -2.18. The third-order valence-electron chi connectivity index (χ3n) is 3.19. The van der Waals surface area contributed by atoms with Gasteiger partial charge in [0.1, 0.15) is 0 Å². The van der Waals surface area contributed by atoms with Crippen LogP contribution in [0.15, 0.2) is 48.5 Å². The number of aromatic nitrogens is 2. The van der Waals surface area contributed by atoms with Gasteiger partial charge in [0.2, 0.25) is 5.95 Å². The molecular weight excluding hydrogens is 236 g/mol. The van der Waals surface area contributed by atoms with Crippen molar-refractivity contribution in [1.82, 2.24) is 9.55 Å². The topological polar surface area (TPSA) is 47.1 Å². The number of nitrogen functional groups attached to an aromatic ring is 1. The highest BCUT2D eigenvalue weighted by molar-refractivity contribution is 5.82. The van der Waals surface area contributed by atoms with Crippen molar-refractivity contribution in [3.63, 3.8) is 0 Å². The molecule has 96 valence electrons. The molecule has 1 heterocycles. The highest BCUT2D eigenvalue weighted by Gasteiger charge is 2.13. The summed E-state index contributed by atoms with van der Waals surface area (Å²) < 4.78 is 1.99. The molecule has 0 aliphatic carbocycles. The largest absolute Gasteiger partial charge is 0.376 e. The Morgan fingerprint density at radius 1 is 1.00 bits per heavy atom. The fourth-order valence-electron chi connectivity index (χ4n) is 2.33. The molecule has 0 saturated carbocycles. The van der Waals surface area contributed by atoms with Crippen molar-refractivity contribution < 1.29 is 0 Å². The quantitative estimate of drug-likeness (QED) is 0.762. The number of hydrogen-bond donors (Lipinski definition) is 1. The second-order valence-electron chi connectivity index (χ2n) is 4.68. The lowest BCUT2D eigenvalue weighted by atomic mass is 10.2. The van der Waals surface area contributed by atoms with Crippen LogP contribution in [0.4, 0.5) is 11.6 Å². The Kier molecular flexibility index (Phi) is 2.63. The Hall–Kier alpha value is -2.49. The Bertz CT molecular complexity index is 728. The summed E-state index contributed by atoms with van der Waals surface area (Å²) >= 11 is 0. The smallest absolute Gasteiger partial charge is 0.206 e. The number of imidazole rings is 1. The minimum Gasteiger partial charge on any atom is -0.376 e. The maximum absolute atomic E-state index is 6.09. The van der Waals surface area contributed by atoms with Gasteiger partial charge in [-0.3, -0.25) is 4.57 Å². The van der Waals surface area contributed by atoms with Crippen LogP contribution in [0.5, 0.6) is 0 Å². The number of fused-ring (bicyclic) bond motifs is 1. The van der Waals surface area contributed by atoms with Gasteiger partial charge >= 0.3 is 0 Å². The van der Waals surface area contributed by atoms with E-state index in [4.69, 9.17) is 5.73 Å². The van der Waals surface area contributed by atoms with Crippen LogP contribution in [0.1, 0.15) is 0 Å². The van der Waals surface area contributed by atoms with Gasteiger partial charge in [-0.25, -0.2) is 4.98 Å². The Morgan fingerprint density at radius 2 is 1.68 bits per heavy atom. The van der Waals surface area contributed by atoms with Gasteiger partial charge < -0.3 is 10.6 Å². The van der Waals surface area contributed by atoms with Gasteiger partial charge in [0.15, 0.2) is 0 Å². The Labute approximate surface area is 112 Å². The summed E-state index contributed by atoms with van der Waals surface area (Å²) in [5.74, 6) is 0.510. The van der Waals surface area contributed by atoms with Crippen LogP contribution >= 0.6 is 0 Å². The molecule has 3 rings (SSSR count). The summed E-state index contributed by atoms with van der Waals surface area (Å²) in [4.78, 5) is 6.49. The fraction of sp³-hybridized carbons (Fsp3) is 0.133. The molecule has 0 unspecified atom stereocenters. The number of para-hydroxylation sites is 4. The van der Waals surface area contributed by atoms with Crippen molar-refractivity contribution >= 4 is 22.7 Å². The summed E-state index contributed by atoms with van der Waals surface area (Å²) in [6.07, 6.45) is 0. The molecule has 2 aromatic carbocycles. The summed E-state index contributed by atoms with van der Waals surface area (Å²) in [7, 11) is 4.04. The summed E-state index contributed by atoms with van der Waals surface area (Å²) in [5, 5.41) is 0. The predicted octanol–water partition coefficient (Wildman–Crippen LogP) is 2.67. The van der Waals surface area contributed by atoms with E-state index in [0.29, 0.717) is 5.95 Å². The molecule has 19 heavy (non-hydrogen) atoms. The molecule has 0 fully saturated rings. The van der Waals surface area contributed by atoms with Crippen LogP contribution < -0.4 is 10.6 Å². The fourth-order valence-corrected chi connectivity index (χ4v) is 2.33. The first-order valence-corrected chi connectivity index (χ1v) is 6.18. The van der Waals surface area contributed by atoms with Gasteiger partial charge in [0, 0.05) is 14.1 Å². The van der Waals surface area contributed by atoms with Crippen LogP contribution in [0.3, 0.4) is 0 Å². The Morgan fingerprint density at radius 3 is 2.47 bits per heavy atom. The van der Waals surface area contributed by atoms with E-state index in [1.165, 1.54) is 0 Å². The first kappa shape index (κ1) is 11.6. The minimum absolute atomic E-state index is 0.510. The highest BCUT2D eigenvalue weighted by Crippen LogP contribution is 2.29. The van der Waals surface area contributed by atoms with Crippen molar-refractivity contribution in [3.05, 3.63) is 48.5 Å². The first-order valence-electron chi connectivity index (χ1n) is 6.18. The van der Waals surface area contributed by atoms with Crippen LogP contribution in [0, 0.1) is 0 Å².